The number of likely N-dealkylation sites (tertiary alicyclic amines) is 1. The van der Waals surface area contributed by atoms with Crippen LogP contribution in [0.3, 0.4) is 0 Å². The van der Waals surface area contributed by atoms with Crippen LogP contribution >= 0.6 is 0 Å². The van der Waals surface area contributed by atoms with Crippen molar-refractivity contribution in [1.82, 2.24) is 30.5 Å². The second kappa shape index (κ2) is 15.3. The first kappa shape index (κ1) is 40.0. The number of rotatable bonds is 12. The van der Waals surface area contributed by atoms with Gasteiger partial charge in [0.15, 0.2) is 9.84 Å². The molecule has 3 aliphatic rings. The molecule has 0 radical (unpaired) electrons. The Kier molecular flexibility index (Phi) is 11.5. The summed E-state index contributed by atoms with van der Waals surface area (Å²) in [4.78, 5) is 70.0. The summed E-state index contributed by atoms with van der Waals surface area (Å²) in [7, 11) is -3.50. The second-order valence-corrected chi connectivity index (χ2v) is 18.5. The number of sulfone groups is 1. The lowest BCUT2D eigenvalue weighted by molar-refractivity contribution is -0.146. The molecule has 2 aliphatic carbocycles. The van der Waals surface area contributed by atoms with E-state index in [-0.39, 0.29) is 47.6 Å². The van der Waals surface area contributed by atoms with E-state index in [0.717, 1.165) is 38.4 Å². The van der Waals surface area contributed by atoms with Crippen molar-refractivity contribution in [2.75, 3.05) is 12.8 Å². The standard InChI is InChI=1S/C37H53N7O8S/c1-35(2)15-17-37(18-16-35,30(45)31(38)46)41-33(48)28-20-25(44-29(21-39-42-44)36(3,4)50)22-43(28)34(49)27(19-23-9-7-6-8-10-23)40-32(47)24-11-13-26(14-12-24)53(5,51)52/h11-14,21,23,25,27-28,50H,6-10,15-20,22H2,1-5H3,(H2,38,46)(H,40,47)(H,41,48)/t25?,27-,28?/m1/s1. The molecule has 5 rings (SSSR count). The molecular weight excluding hydrogens is 703 g/mol. The van der Waals surface area contributed by atoms with Crippen molar-refractivity contribution in [3.63, 3.8) is 0 Å². The monoisotopic (exact) mass is 755 g/mol. The first-order valence-corrected chi connectivity index (χ1v) is 20.3. The molecule has 4 amide bonds. The highest BCUT2D eigenvalue weighted by atomic mass is 32.2. The molecule has 2 aromatic rings. The Hall–Kier alpha value is -4.18. The third-order valence-corrected chi connectivity index (χ3v) is 12.5. The van der Waals surface area contributed by atoms with Crippen molar-refractivity contribution in [2.24, 2.45) is 17.1 Å². The fourth-order valence-corrected chi connectivity index (χ4v) is 8.66. The fraction of sp³-hybridized carbons (Fsp3) is 0.649. The quantitative estimate of drug-likeness (QED) is 0.232. The first-order chi connectivity index (χ1) is 24.7. The summed E-state index contributed by atoms with van der Waals surface area (Å²) in [5.41, 5.74) is 3.03. The molecule has 2 unspecified atom stereocenters. The number of ketones is 1. The number of hydrogen-bond acceptors (Lipinski definition) is 10. The molecule has 1 aromatic carbocycles. The minimum atomic E-state index is -3.50. The number of carbonyl (C=O) groups excluding carboxylic acids is 5. The lowest BCUT2D eigenvalue weighted by Gasteiger charge is -2.43. The van der Waals surface area contributed by atoms with Gasteiger partial charge < -0.3 is 26.4 Å². The van der Waals surface area contributed by atoms with Gasteiger partial charge in [0, 0.05) is 24.8 Å². The van der Waals surface area contributed by atoms with Gasteiger partial charge in [-0.05, 0) is 81.5 Å². The van der Waals surface area contributed by atoms with Crippen LogP contribution < -0.4 is 16.4 Å². The Bertz CT molecular complexity index is 1820. The second-order valence-electron chi connectivity index (χ2n) is 16.5. The maximum Gasteiger partial charge on any atom is 0.287 e. The molecule has 0 spiro atoms. The molecule has 15 nitrogen and oxygen atoms in total. The third-order valence-electron chi connectivity index (χ3n) is 11.3. The van der Waals surface area contributed by atoms with Crippen molar-refractivity contribution in [3.8, 4) is 0 Å². The highest BCUT2D eigenvalue weighted by Gasteiger charge is 2.51. The average molecular weight is 756 g/mol. The van der Waals surface area contributed by atoms with E-state index in [0.29, 0.717) is 25.0 Å². The summed E-state index contributed by atoms with van der Waals surface area (Å²) < 4.78 is 25.5. The summed E-state index contributed by atoms with van der Waals surface area (Å²) in [6.07, 6.45) is 9.16. The number of primary amides is 1. The summed E-state index contributed by atoms with van der Waals surface area (Å²) in [5, 5.41) is 24.9. The van der Waals surface area contributed by atoms with Gasteiger partial charge in [0.25, 0.3) is 11.8 Å². The van der Waals surface area contributed by atoms with E-state index >= 15 is 0 Å². The van der Waals surface area contributed by atoms with Crippen LogP contribution in [0.15, 0.2) is 35.4 Å². The maximum absolute atomic E-state index is 14.8. The Morgan fingerprint density at radius 2 is 1.64 bits per heavy atom. The molecule has 5 N–H and O–H groups in total. The van der Waals surface area contributed by atoms with Gasteiger partial charge in [-0.3, -0.25) is 24.0 Å². The van der Waals surface area contributed by atoms with E-state index in [1.54, 1.807) is 13.8 Å². The number of hydrogen-bond donors (Lipinski definition) is 4. The predicted octanol–water partition coefficient (Wildman–Crippen LogP) is 2.33. The number of benzene rings is 1. The van der Waals surface area contributed by atoms with Gasteiger partial charge >= 0.3 is 0 Å². The number of aliphatic hydroxyl groups is 1. The number of nitrogens with one attached hydrogen (secondary N) is 2. The molecular formula is C37H53N7O8S. The Balaban J connectivity index is 1.49. The Morgan fingerprint density at radius 1 is 1.02 bits per heavy atom. The van der Waals surface area contributed by atoms with Crippen LogP contribution in [-0.4, -0.2) is 93.3 Å². The van der Waals surface area contributed by atoms with Crippen molar-refractivity contribution in [3.05, 3.63) is 41.7 Å². The SMILES string of the molecule is CC1(C)CCC(NC(=O)C2CC(n3nncc3C(C)(C)O)CN2C(=O)[C@@H](CC2CCCCC2)NC(=O)c2ccc(S(C)(=O)=O)cc2)(C(=O)C(N)=O)CC1. The number of nitrogens with two attached hydrogens (primary N) is 1. The molecule has 1 saturated heterocycles. The zero-order valence-corrected chi connectivity index (χ0v) is 32.1. The zero-order chi connectivity index (χ0) is 38.9. The zero-order valence-electron chi connectivity index (χ0n) is 31.3. The molecule has 3 fully saturated rings. The van der Waals surface area contributed by atoms with E-state index in [4.69, 9.17) is 5.73 Å². The van der Waals surface area contributed by atoms with Crippen LogP contribution in [0, 0.1) is 11.3 Å². The Morgan fingerprint density at radius 3 is 2.21 bits per heavy atom. The number of Topliss-reactive ketones (excluding diaryl/α,β-unsaturated/α-hetero) is 1. The molecule has 53 heavy (non-hydrogen) atoms. The van der Waals surface area contributed by atoms with Crippen LogP contribution in [-0.2, 0) is 34.6 Å². The summed E-state index contributed by atoms with van der Waals surface area (Å²) in [5.74, 6) is -3.63. The number of carbonyl (C=O) groups is 5. The summed E-state index contributed by atoms with van der Waals surface area (Å²) in [6.45, 7) is 7.23. The number of nitrogens with zero attached hydrogens (tertiary/aromatic N) is 4. The van der Waals surface area contributed by atoms with Crippen LogP contribution in [0.4, 0.5) is 0 Å². The largest absolute Gasteiger partial charge is 0.384 e. The minimum absolute atomic E-state index is 0.0206. The third kappa shape index (κ3) is 9.14. The van der Waals surface area contributed by atoms with Crippen molar-refractivity contribution < 1.29 is 37.5 Å². The van der Waals surface area contributed by atoms with Gasteiger partial charge in [-0.15, -0.1) is 5.10 Å². The van der Waals surface area contributed by atoms with Crippen molar-refractivity contribution in [2.45, 2.75) is 132 Å². The van der Waals surface area contributed by atoms with Gasteiger partial charge in [-0.1, -0.05) is 51.2 Å². The predicted molar refractivity (Wildman–Crippen MR) is 194 cm³/mol. The van der Waals surface area contributed by atoms with Crippen LogP contribution in [0.1, 0.15) is 120 Å². The normalized spacial score (nSPS) is 22.5. The lowest BCUT2D eigenvalue weighted by atomic mass is 9.67. The maximum atomic E-state index is 14.8. The molecule has 1 aliphatic heterocycles. The van der Waals surface area contributed by atoms with E-state index in [9.17, 15) is 37.5 Å². The van der Waals surface area contributed by atoms with E-state index in [1.165, 1.54) is 40.0 Å². The van der Waals surface area contributed by atoms with Gasteiger partial charge in [0.05, 0.1) is 22.8 Å². The van der Waals surface area contributed by atoms with Gasteiger partial charge in [0.2, 0.25) is 17.6 Å². The van der Waals surface area contributed by atoms with E-state index in [1.807, 2.05) is 0 Å². The van der Waals surface area contributed by atoms with Crippen LogP contribution in [0.2, 0.25) is 0 Å². The Labute approximate surface area is 310 Å². The van der Waals surface area contributed by atoms with Crippen LogP contribution in [0.25, 0.3) is 0 Å². The summed E-state index contributed by atoms with van der Waals surface area (Å²) in [6, 6.07) is 2.65. The van der Waals surface area contributed by atoms with Gasteiger partial charge in [0.1, 0.15) is 23.2 Å². The molecule has 1 aromatic heterocycles. The molecule has 3 atom stereocenters. The van der Waals surface area contributed by atoms with Gasteiger partial charge in [-0.25, -0.2) is 13.1 Å². The molecule has 290 valence electrons. The number of aromatic nitrogens is 3. The van der Waals surface area contributed by atoms with Gasteiger partial charge in [-0.2, -0.15) is 0 Å². The van der Waals surface area contributed by atoms with E-state index in [2.05, 4.69) is 34.8 Å². The number of amides is 4. The van der Waals surface area contributed by atoms with Crippen molar-refractivity contribution in [1.29, 1.82) is 0 Å². The molecule has 16 heteroatoms. The fourth-order valence-electron chi connectivity index (χ4n) is 8.02. The van der Waals surface area contributed by atoms with Crippen LogP contribution in [0.5, 0.6) is 0 Å². The highest BCUT2D eigenvalue weighted by Crippen LogP contribution is 2.41. The molecule has 2 saturated carbocycles. The molecule has 2 heterocycles. The highest BCUT2D eigenvalue weighted by molar-refractivity contribution is 7.90. The summed E-state index contributed by atoms with van der Waals surface area (Å²) >= 11 is 0. The topological polar surface area (TPSA) is 224 Å². The first-order valence-electron chi connectivity index (χ1n) is 18.4. The van der Waals surface area contributed by atoms with Crippen molar-refractivity contribution >= 4 is 39.2 Å². The van der Waals surface area contributed by atoms with E-state index < -0.39 is 68.5 Å². The average Bonchev–Trinajstić information content (AvgIpc) is 3.77. The molecule has 0 bridgehead atoms. The minimum Gasteiger partial charge on any atom is -0.384 e. The lowest BCUT2D eigenvalue weighted by Crippen LogP contribution is -2.63. The smallest absolute Gasteiger partial charge is 0.287 e.